The molecular weight excluding hydrogens is 220 g/mol. The smallest absolute Gasteiger partial charge is 0.0482 e. The summed E-state index contributed by atoms with van der Waals surface area (Å²) in [7, 11) is 0. The summed E-state index contributed by atoms with van der Waals surface area (Å²) >= 11 is 0. The van der Waals surface area contributed by atoms with Crippen molar-refractivity contribution in [1.82, 2.24) is 4.57 Å². The highest BCUT2D eigenvalue weighted by Gasteiger charge is 2.20. The highest BCUT2D eigenvalue weighted by molar-refractivity contribution is 5.81. The van der Waals surface area contributed by atoms with Crippen LogP contribution in [-0.2, 0) is 13.0 Å². The van der Waals surface area contributed by atoms with Crippen LogP contribution in [0.25, 0.3) is 10.9 Å². The van der Waals surface area contributed by atoms with Crippen molar-refractivity contribution in [3.63, 3.8) is 0 Å². The van der Waals surface area contributed by atoms with Crippen LogP contribution >= 0.6 is 0 Å². The maximum absolute atomic E-state index is 5.98. The van der Waals surface area contributed by atoms with Crippen molar-refractivity contribution >= 4 is 10.9 Å². The molecule has 2 N–H and O–H groups in total. The third-order valence-electron chi connectivity index (χ3n) is 4.09. The molecule has 1 saturated carbocycles. The molecule has 1 fully saturated rings. The van der Waals surface area contributed by atoms with Gasteiger partial charge in [-0.2, -0.15) is 0 Å². The Morgan fingerprint density at radius 1 is 1.33 bits per heavy atom. The largest absolute Gasteiger partial charge is 0.344 e. The van der Waals surface area contributed by atoms with E-state index in [1.54, 1.807) is 0 Å². The van der Waals surface area contributed by atoms with Gasteiger partial charge < -0.3 is 10.3 Å². The molecule has 1 heterocycles. The van der Waals surface area contributed by atoms with Gasteiger partial charge in [-0.25, -0.2) is 0 Å². The molecular formula is C16H22N2. The van der Waals surface area contributed by atoms with Crippen LogP contribution in [0.4, 0.5) is 0 Å². The van der Waals surface area contributed by atoms with E-state index in [-0.39, 0.29) is 6.04 Å². The monoisotopic (exact) mass is 242 g/mol. The number of para-hydroxylation sites is 1. The summed E-state index contributed by atoms with van der Waals surface area (Å²) in [4.78, 5) is 0. The topological polar surface area (TPSA) is 30.9 Å². The van der Waals surface area contributed by atoms with Crippen LogP contribution in [0.3, 0.4) is 0 Å². The van der Waals surface area contributed by atoms with Gasteiger partial charge in [0, 0.05) is 30.2 Å². The summed E-state index contributed by atoms with van der Waals surface area (Å²) in [6.07, 6.45) is 5.17. The second-order valence-electron chi connectivity index (χ2n) is 5.78. The molecule has 2 nitrogen and oxygen atoms in total. The lowest BCUT2D eigenvalue weighted by molar-refractivity contribution is 0.277. The van der Waals surface area contributed by atoms with Crippen molar-refractivity contribution in [3.8, 4) is 0 Å². The zero-order chi connectivity index (χ0) is 12.5. The molecule has 3 rings (SSSR count). The van der Waals surface area contributed by atoms with Crippen molar-refractivity contribution < 1.29 is 0 Å². The number of benzene rings is 1. The third-order valence-corrected chi connectivity index (χ3v) is 4.09. The van der Waals surface area contributed by atoms with Crippen molar-refractivity contribution in [3.05, 3.63) is 36.0 Å². The lowest BCUT2D eigenvalue weighted by atomic mass is 9.85. The first-order valence-corrected chi connectivity index (χ1v) is 7.07. The Morgan fingerprint density at radius 2 is 2.11 bits per heavy atom. The summed E-state index contributed by atoms with van der Waals surface area (Å²) in [5, 5.41) is 1.35. The molecule has 96 valence electrons. The Hall–Kier alpha value is -1.28. The Morgan fingerprint density at radius 3 is 2.78 bits per heavy atom. The minimum atomic E-state index is 0.231. The van der Waals surface area contributed by atoms with Crippen LogP contribution in [0, 0.1) is 5.92 Å². The van der Waals surface area contributed by atoms with Crippen molar-refractivity contribution in [2.45, 2.75) is 45.2 Å². The highest BCUT2D eigenvalue weighted by atomic mass is 15.0. The van der Waals surface area contributed by atoms with Crippen molar-refractivity contribution in [2.24, 2.45) is 11.7 Å². The van der Waals surface area contributed by atoms with Gasteiger partial charge in [0.2, 0.25) is 0 Å². The number of fused-ring (bicyclic) bond motifs is 1. The van der Waals surface area contributed by atoms with E-state index in [4.69, 9.17) is 5.73 Å². The van der Waals surface area contributed by atoms with E-state index >= 15 is 0 Å². The van der Waals surface area contributed by atoms with Crippen LogP contribution in [-0.4, -0.2) is 10.6 Å². The molecule has 1 aromatic carbocycles. The first-order valence-electron chi connectivity index (χ1n) is 7.07. The predicted molar refractivity (Wildman–Crippen MR) is 76.6 cm³/mol. The van der Waals surface area contributed by atoms with E-state index in [0.717, 1.165) is 12.3 Å². The molecule has 1 aliphatic rings. The standard InChI is InChI=1S/C16H22N2/c1-12(17)9-15-10-14-7-2-3-8-16(14)18(15)11-13-5-4-6-13/h2-3,7-8,10,12-13H,4-6,9,11,17H2,1H3. The van der Waals surface area contributed by atoms with Gasteiger partial charge in [-0.05, 0) is 43.2 Å². The van der Waals surface area contributed by atoms with Gasteiger partial charge in [-0.3, -0.25) is 0 Å². The molecule has 0 saturated heterocycles. The van der Waals surface area contributed by atoms with Gasteiger partial charge in [0.25, 0.3) is 0 Å². The van der Waals surface area contributed by atoms with Crippen LogP contribution < -0.4 is 5.73 Å². The number of hydrogen-bond donors (Lipinski definition) is 1. The number of nitrogens with two attached hydrogens (primary N) is 1. The molecule has 18 heavy (non-hydrogen) atoms. The van der Waals surface area contributed by atoms with E-state index in [0.29, 0.717) is 0 Å². The summed E-state index contributed by atoms with van der Waals surface area (Å²) in [5.74, 6) is 0.882. The van der Waals surface area contributed by atoms with Gasteiger partial charge in [0.1, 0.15) is 0 Å². The molecule has 0 bridgehead atoms. The normalized spacial score (nSPS) is 17.9. The summed E-state index contributed by atoms with van der Waals surface area (Å²) in [6, 6.07) is 11.2. The quantitative estimate of drug-likeness (QED) is 0.876. The Kier molecular flexibility index (Phi) is 3.13. The zero-order valence-electron chi connectivity index (χ0n) is 11.1. The fourth-order valence-electron chi connectivity index (χ4n) is 2.92. The minimum absolute atomic E-state index is 0.231. The van der Waals surface area contributed by atoms with E-state index < -0.39 is 0 Å². The number of aromatic nitrogens is 1. The molecule has 1 unspecified atom stereocenters. The van der Waals surface area contributed by atoms with Gasteiger partial charge >= 0.3 is 0 Å². The van der Waals surface area contributed by atoms with Gasteiger partial charge in [0.05, 0.1) is 0 Å². The summed E-state index contributed by atoms with van der Waals surface area (Å²) < 4.78 is 2.50. The minimum Gasteiger partial charge on any atom is -0.344 e. The maximum atomic E-state index is 5.98. The average molecular weight is 242 g/mol. The second-order valence-corrected chi connectivity index (χ2v) is 5.78. The van der Waals surface area contributed by atoms with Crippen LogP contribution in [0.2, 0.25) is 0 Å². The van der Waals surface area contributed by atoms with Crippen molar-refractivity contribution in [2.75, 3.05) is 0 Å². The summed E-state index contributed by atoms with van der Waals surface area (Å²) in [6.45, 7) is 3.26. The lowest BCUT2D eigenvalue weighted by Crippen LogP contribution is -2.23. The van der Waals surface area contributed by atoms with E-state index in [2.05, 4.69) is 41.8 Å². The molecule has 1 aromatic heterocycles. The van der Waals surface area contributed by atoms with Gasteiger partial charge in [-0.1, -0.05) is 24.6 Å². The van der Waals surface area contributed by atoms with Crippen LogP contribution in [0.15, 0.2) is 30.3 Å². The first-order chi connectivity index (χ1) is 8.74. The van der Waals surface area contributed by atoms with E-state index in [1.165, 1.54) is 42.4 Å². The fourth-order valence-corrected chi connectivity index (χ4v) is 2.92. The molecule has 0 aliphatic heterocycles. The van der Waals surface area contributed by atoms with Gasteiger partial charge in [0.15, 0.2) is 0 Å². The van der Waals surface area contributed by atoms with E-state index in [9.17, 15) is 0 Å². The fraction of sp³-hybridized carbons (Fsp3) is 0.500. The maximum Gasteiger partial charge on any atom is 0.0482 e. The summed E-state index contributed by atoms with van der Waals surface area (Å²) in [5.41, 5.74) is 8.76. The molecule has 1 atom stereocenters. The van der Waals surface area contributed by atoms with Crippen LogP contribution in [0.5, 0.6) is 0 Å². The van der Waals surface area contributed by atoms with Crippen LogP contribution in [0.1, 0.15) is 31.9 Å². The SMILES string of the molecule is CC(N)Cc1cc2ccccc2n1CC1CCC1. The second kappa shape index (κ2) is 4.77. The number of nitrogens with zero attached hydrogens (tertiary/aromatic N) is 1. The Labute approximate surface area is 109 Å². The molecule has 1 aliphatic carbocycles. The molecule has 2 aromatic rings. The average Bonchev–Trinajstić information content (AvgIpc) is 2.60. The Balaban J connectivity index is 1.99. The number of rotatable bonds is 4. The van der Waals surface area contributed by atoms with E-state index in [1.807, 2.05) is 0 Å². The predicted octanol–water partition coefficient (Wildman–Crippen LogP) is 3.33. The molecule has 2 heteroatoms. The Bertz CT molecular complexity index is 535. The molecule has 0 amide bonds. The third kappa shape index (κ3) is 2.17. The van der Waals surface area contributed by atoms with Gasteiger partial charge in [-0.15, -0.1) is 0 Å². The first kappa shape index (κ1) is 11.8. The van der Waals surface area contributed by atoms with Crippen molar-refractivity contribution in [1.29, 1.82) is 0 Å². The molecule has 0 spiro atoms. The lowest BCUT2D eigenvalue weighted by Gasteiger charge is -2.27. The zero-order valence-corrected chi connectivity index (χ0v) is 11.1. The molecule has 0 radical (unpaired) electrons. The highest BCUT2D eigenvalue weighted by Crippen LogP contribution is 2.31. The number of hydrogen-bond acceptors (Lipinski definition) is 1.